The lowest BCUT2D eigenvalue weighted by Gasteiger charge is -2.11. The molecule has 0 saturated heterocycles. The predicted octanol–water partition coefficient (Wildman–Crippen LogP) is 3.61. The van der Waals surface area contributed by atoms with Crippen LogP contribution in [-0.2, 0) is 4.79 Å². The largest absolute Gasteiger partial charge is 0.507 e. The molecule has 24 heavy (non-hydrogen) atoms. The number of hydrazone groups is 1. The number of aryl methyl sites for hydroxylation is 3. The fraction of sp³-hybridized carbons (Fsp3) is 0.222. The van der Waals surface area contributed by atoms with Gasteiger partial charge in [-0.3, -0.25) is 4.79 Å². The van der Waals surface area contributed by atoms with E-state index in [0.717, 1.165) is 21.2 Å². The number of carbonyl (C=O) groups is 1. The number of rotatable bonds is 5. The van der Waals surface area contributed by atoms with Crippen molar-refractivity contribution in [3.05, 3.63) is 57.1 Å². The number of nitrogens with one attached hydrogen (secondary N) is 1. The van der Waals surface area contributed by atoms with Gasteiger partial charge in [-0.2, -0.15) is 5.10 Å². The van der Waals surface area contributed by atoms with E-state index in [1.807, 2.05) is 39.0 Å². The first-order valence-corrected chi connectivity index (χ1v) is 8.17. The molecule has 0 unspecified atom stereocenters. The highest BCUT2D eigenvalue weighted by Gasteiger charge is 2.09. The summed E-state index contributed by atoms with van der Waals surface area (Å²) in [7, 11) is 0. The van der Waals surface area contributed by atoms with E-state index in [0.29, 0.717) is 11.3 Å². The summed E-state index contributed by atoms with van der Waals surface area (Å²) in [4.78, 5) is 11.8. The number of halogens is 1. The van der Waals surface area contributed by atoms with Gasteiger partial charge in [0.05, 0.1) is 10.7 Å². The highest BCUT2D eigenvalue weighted by molar-refractivity contribution is 9.10. The van der Waals surface area contributed by atoms with Gasteiger partial charge >= 0.3 is 0 Å². The highest BCUT2D eigenvalue weighted by atomic mass is 79.9. The summed E-state index contributed by atoms with van der Waals surface area (Å²) in [5, 5.41) is 13.6. The monoisotopic (exact) mass is 390 g/mol. The average molecular weight is 391 g/mol. The summed E-state index contributed by atoms with van der Waals surface area (Å²) in [6.07, 6.45) is 1.39. The molecule has 0 radical (unpaired) electrons. The van der Waals surface area contributed by atoms with E-state index >= 15 is 0 Å². The van der Waals surface area contributed by atoms with Crippen LogP contribution in [0.5, 0.6) is 11.5 Å². The zero-order valence-corrected chi connectivity index (χ0v) is 15.3. The van der Waals surface area contributed by atoms with E-state index in [1.165, 1.54) is 6.21 Å². The summed E-state index contributed by atoms with van der Waals surface area (Å²) in [5.74, 6) is 0.365. The van der Waals surface area contributed by atoms with E-state index < -0.39 is 0 Å². The first kappa shape index (κ1) is 18.0. The van der Waals surface area contributed by atoms with E-state index in [-0.39, 0.29) is 18.3 Å². The van der Waals surface area contributed by atoms with Crippen molar-refractivity contribution in [1.82, 2.24) is 5.43 Å². The van der Waals surface area contributed by atoms with Crippen LogP contribution in [0.15, 0.2) is 39.9 Å². The van der Waals surface area contributed by atoms with E-state index in [2.05, 4.69) is 26.5 Å². The highest BCUT2D eigenvalue weighted by Crippen LogP contribution is 2.30. The molecule has 0 aromatic heterocycles. The van der Waals surface area contributed by atoms with Crippen LogP contribution < -0.4 is 10.2 Å². The van der Waals surface area contributed by atoms with Gasteiger partial charge in [0.15, 0.2) is 6.61 Å². The minimum Gasteiger partial charge on any atom is -0.507 e. The molecule has 0 aliphatic rings. The van der Waals surface area contributed by atoms with Crippen molar-refractivity contribution in [2.45, 2.75) is 20.8 Å². The van der Waals surface area contributed by atoms with E-state index in [4.69, 9.17) is 4.74 Å². The van der Waals surface area contributed by atoms with E-state index in [1.54, 1.807) is 12.1 Å². The van der Waals surface area contributed by atoms with E-state index in [9.17, 15) is 9.90 Å². The molecule has 0 bridgehead atoms. The molecular formula is C18H19BrN2O3. The lowest BCUT2D eigenvalue weighted by molar-refractivity contribution is -0.123. The molecule has 2 N–H and O–H groups in total. The zero-order chi connectivity index (χ0) is 17.7. The molecule has 5 nitrogen and oxygen atoms in total. The van der Waals surface area contributed by atoms with Gasteiger partial charge in [-0.15, -0.1) is 0 Å². The minimum absolute atomic E-state index is 0.114. The number of hydrogen-bond acceptors (Lipinski definition) is 4. The molecule has 2 aromatic rings. The fourth-order valence-electron chi connectivity index (χ4n) is 2.19. The second-order valence-corrected chi connectivity index (χ2v) is 6.39. The van der Waals surface area contributed by atoms with Gasteiger partial charge in [0.25, 0.3) is 5.91 Å². The number of aromatic hydroxyl groups is 1. The third kappa shape index (κ3) is 4.83. The van der Waals surface area contributed by atoms with Crippen molar-refractivity contribution < 1.29 is 14.6 Å². The SMILES string of the molecule is Cc1ccc(/C=N\NC(=O)COc2c(C)cc(C)cc2Br)c(O)c1. The van der Waals surface area contributed by atoms with Gasteiger partial charge in [0.1, 0.15) is 11.5 Å². The van der Waals surface area contributed by atoms with Gasteiger partial charge in [0.2, 0.25) is 0 Å². The maximum Gasteiger partial charge on any atom is 0.277 e. The van der Waals surface area contributed by atoms with Crippen LogP contribution in [-0.4, -0.2) is 23.8 Å². The summed E-state index contributed by atoms with van der Waals surface area (Å²) >= 11 is 3.43. The molecule has 0 aliphatic carbocycles. The molecule has 0 atom stereocenters. The van der Waals surface area contributed by atoms with Crippen molar-refractivity contribution in [1.29, 1.82) is 0 Å². The normalized spacial score (nSPS) is 10.8. The van der Waals surface area contributed by atoms with Crippen LogP contribution in [0.25, 0.3) is 0 Å². The lowest BCUT2D eigenvalue weighted by Crippen LogP contribution is -2.24. The number of phenols is 1. The topological polar surface area (TPSA) is 70.9 Å². The Morgan fingerprint density at radius 2 is 2.00 bits per heavy atom. The number of ether oxygens (including phenoxy) is 1. The first-order valence-electron chi connectivity index (χ1n) is 7.38. The maximum atomic E-state index is 11.8. The second kappa shape index (κ2) is 7.97. The van der Waals surface area contributed by atoms with Gasteiger partial charge in [-0.25, -0.2) is 5.43 Å². The smallest absolute Gasteiger partial charge is 0.277 e. The Bertz CT molecular complexity index is 765. The number of hydrogen-bond donors (Lipinski definition) is 2. The third-order valence-corrected chi connectivity index (χ3v) is 3.89. The zero-order valence-electron chi connectivity index (χ0n) is 13.8. The molecule has 0 fully saturated rings. The Kier molecular flexibility index (Phi) is 5.98. The predicted molar refractivity (Wildman–Crippen MR) is 97.7 cm³/mol. The summed E-state index contributed by atoms with van der Waals surface area (Å²) < 4.78 is 6.35. The standard InChI is InChI=1S/C18H19BrN2O3/c1-11-4-5-14(16(22)8-11)9-20-21-17(23)10-24-18-13(3)6-12(2)7-15(18)19/h4-9,22H,10H2,1-3H3,(H,21,23)/b20-9-. The molecule has 0 saturated carbocycles. The Morgan fingerprint density at radius 3 is 2.67 bits per heavy atom. The van der Waals surface area contributed by atoms with Crippen LogP contribution >= 0.6 is 15.9 Å². The summed E-state index contributed by atoms with van der Waals surface area (Å²) in [6, 6.07) is 9.12. The van der Waals surface area contributed by atoms with Crippen molar-refractivity contribution >= 4 is 28.1 Å². The molecule has 1 amide bonds. The first-order chi connectivity index (χ1) is 11.4. The number of phenolic OH excluding ortho intramolecular Hbond substituents is 1. The Morgan fingerprint density at radius 1 is 1.25 bits per heavy atom. The fourth-order valence-corrected chi connectivity index (χ4v) is 2.98. The molecule has 6 heteroatoms. The molecule has 0 heterocycles. The van der Waals surface area contributed by atoms with Crippen LogP contribution in [0.2, 0.25) is 0 Å². The van der Waals surface area contributed by atoms with Crippen LogP contribution in [0, 0.1) is 20.8 Å². The number of nitrogens with zero attached hydrogens (tertiary/aromatic N) is 1. The van der Waals surface area contributed by atoms with Gasteiger partial charge < -0.3 is 9.84 Å². The minimum atomic E-state index is -0.385. The molecular weight excluding hydrogens is 372 g/mol. The van der Waals surface area contributed by atoms with Crippen molar-refractivity contribution in [3.8, 4) is 11.5 Å². The summed E-state index contributed by atoms with van der Waals surface area (Å²) in [5.41, 5.74) is 5.90. The Hall–Kier alpha value is -2.34. The second-order valence-electron chi connectivity index (χ2n) is 5.54. The third-order valence-electron chi connectivity index (χ3n) is 3.30. The Labute approximate surface area is 149 Å². The lowest BCUT2D eigenvalue weighted by atomic mass is 10.1. The molecule has 126 valence electrons. The van der Waals surface area contributed by atoms with Crippen LogP contribution in [0.4, 0.5) is 0 Å². The van der Waals surface area contributed by atoms with Crippen LogP contribution in [0.3, 0.4) is 0 Å². The number of amides is 1. The molecule has 0 spiro atoms. The molecule has 2 aromatic carbocycles. The van der Waals surface area contributed by atoms with Crippen molar-refractivity contribution in [2.75, 3.05) is 6.61 Å². The molecule has 0 aliphatic heterocycles. The van der Waals surface area contributed by atoms with Crippen molar-refractivity contribution in [2.24, 2.45) is 5.10 Å². The average Bonchev–Trinajstić information content (AvgIpc) is 2.48. The van der Waals surface area contributed by atoms with Gasteiger partial charge in [-0.1, -0.05) is 12.1 Å². The Balaban J connectivity index is 1.91. The van der Waals surface area contributed by atoms with Gasteiger partial charge in [0, 0.05) is 5.56 Å². The van der Waals surface area contributed by atoms with Crippen molar-refractivity contribution in [3.63, 3.8) is 0 Å². The quantitative estimate of drug-likeness (QED) is 0.604. The number of benzene rings is 2. The summed E-state index contributed by atoms with van der Waals surface area (Å²) in [6.45, 7) is 5.64. The number of carbonyl (C=O) groups excluding carboxylic acids is 1. The van der Waals surface area contributed by atoms with Crippen LogP contribution in [0.1, 0.15) is 22.3 Å². The maximum absolute atomic E-state index is 11.8. The molecule has 2 rings (SSSR count). The van der Waals surface area contributed by atoms with Gasteiger partial charge in [-0.05, 0) is 71.6 Å².